The minimum absolute atomic E-state index is 0.0810. The number of carbonyl (C=O) groups excluding carboxylic acids is 4. The summed E-state index contributed by atoms with van der Waals surface area (Å²) in [4.78, 5) is 70.9. The lowest BCUT2D eigenvalue weighted by atomic mass is 9.79. The first-order valence-corrected chi connectivity index (χ1v) is 24.8. The van der Waals surface area contributed by atoms with E-state index < -0.39 is 63.5 Å². The van der Waals surface area contributed by atoms with Gasteiger partial charge in [-0.15, -0.1) is 0 Å². The lowest BCUT2D eigenvalue weighted by molar-refractivity contribution is -0.156. The Morgan fingerprint density at radius 3 is 1.82 bits per heavy atom. The molecule has 3 atom stereocenters. The number of benzene rings is 4. The van der Waals surface area contributed by atoms with Crippen LogP contribution in [0.4, 0.5) is 10.5 Å². The molecule has 5 rings (SSSR count). The molecular formula is C48H55N2O9PSi. The van der Waals surface area contributed by atoms with Crippen LogP contribution in [0.2, 0.25) is 18.1 Å². The van der Waals surface area contributed by atoms with Crippen molar-refractivity contribution >= 4 is 71.9 Å². The lowest BCUT2D eigenvalue weighted by Crippen LogP contribution is -2.69. The first-order valence-electron chi connectivity index (χ1n) is 20.1. The number of nitrogens with one attached hydrogen (secondary N) is 1. The zero-order valence-corrected chi connectivity index (χ0v) is 37.5. The van der Waals surface area contributed by atoms with Gasteiger partial charge < -0.3 is 23.9 Å². The topological polar surface area (TPSA) is 149 Å². The van der Waals surface area contributed by atoms with Crippen LogP contribution in [0.1, 0.15) is 50.0 Å². The van der Waals surface area contributed by atoms with Gasteiger partial charge in [0.25, 0.3) is 0 Å². The highest BCUT2D eigenvalue weighted by Crippen LogP contribution is 2.51. The SMILES string of the molecule is C=CCOC(=O)Nc1cc(C(=O)C[C@@H]2[C@@H]([C@@H](C)O[Si](C)(C)C(C)(C)C)C(=O)N2C(C(=O)OCC=C)=P(c2ccccc2)(c2ccccc2)c2ccccc2)ccc1CC(=O)O. The third kappa shape index (κ3) is 10.0. The average Bonchev–Trinajstić information content (AvgIpc) is 3.22. The smallest absolute Gasteiger partial charge is 0.411 e. The van der Waals surface area contributed by atoms with Crippen LogP contribution < -0.4 is 21.2 Å². The zero-order valence-electron chi connectivity index (χ0n) is 35.6. The Bertz CT molecular complexity index is 2220. The van der Waals surface area contributed by atoms with E-state index >= 15 is 9.59 Å². The van der Waals surface area contributed by atoms with Gasteiger partial charge in [0, 0.05) is 24.6 Å². The van der Waals surface area contributed by atoms with Crippen molar-refractivity contribution in [2.24, 2.45) is 5.92 Å². The third-order valence-electron chi connectivity index (χ3n) is 11.3. The number of esters is 1. The van der Waals surface area contributed by atoms with Gasteiger partial charge in [-0.3, -0.25) is 19.7 Å². The number of amides is 2. The second kappa shape index (κ2) is 19.7. The standard InChI is InChI=1S/C48H55N2O9PSi/c1-9-28-57-46(55)45(60(36-20-14-11-15-21-36,37-22-16-12-17-23-37)38-24-18-13-19-25-38)50-40(43(44(50)54)33(3)59-61(7,8)48(4,5)6)32-41(51)35-27-26-34(31-42(52)53)39(30-35)49-47(56)58-29-10-2/h9-27,30,33,40,43H,1-2,28-29,31-32H2,3-8H3,(H,49,56)(H,52,53)/t33-,40-,43-/m1/s1. The lowest BCUT2D eigenvalue weighted by Gasteiger charge is -2.53. The van der Waals surface area contributed by atoms with Gasteiger partial charge in [-0.2, -0.15) is 0 Å². The normalized spacial score (nSPS) is 15.8. The molecule has 4 aromatic carbocycles. The molecule has 1 fully saturated rings. The molecule has 320 valence electrons. The molecule has 1 heterocycles. The molecule has 4 aromatic rings. The quantitative estimate of drug-likeness (QED) is 0.0256. The van der Waals surface area contributed by atoms with Crippen molar-refractivity contribution in [2.75, 3.05) is 18.5 Å². The van der Waals surface area contributed by atoms with E-state index in [2.05, 4.69) is 52.3 Å². The number of carboxylic acids is 1. The summed E-state index contributed by atoms with van der Waals surface area (Å²) in [6.07, 6.45) is 0.655. The number of hydrogen-bond acceptors (Lipinski definition) is 8. The molecule has 2 N–H and O–H groups in total. The molecule has 0 unspecified atom stereocenters. The summed E-state index contributed by atoms with van der Waals surface area (Å²) >= 11 is 0. The van der Waals surface area contributed by atoms with Crippen LogP contribution in [-0.4, -0.2) is 78.8 Å². The summed E-state index contributed by atoms with van der Waals surface area (Å²) in [6, 6.07) is 32.2. The maximum Gasteiger partial charge on any atom is 0.411 e. The minimum Gasteiger partial charge on any atom is -0.481 e. The summed E-state index contributed by atoms with van der Waals surface area (Å²) in [5.74, 6) is -3.52. The summed E-state index contributed by atoms with van der Waals surface area (Å²) < 4.78 is 17.9. The first-order chi connectivity index (χ1) is 29.0. The van der Waals surface area contributed by atoms with Crippen LogP contribution in [-0.2, 0) is 34.7 Å². The van der Waals surface area contributed by atoms with E-state index in [9.17, 15) is 19.5 Å². The van der Waals surface area contributed by atoms with Gasteiger partial charge in [0.2, 0.25) is 5.91 Å². The number of ketones is 1. The first kappa shape index (κ1) is 46.3. The highest BCUT2D eigenvalue weighted by atomic mass is 31.2. The number of hydrogen-bond donors (Lipinski definition) is 2. The molecular weight excluding hydrogens is 808 g/mol. The predicted molar refractivity (Wildman–Crippen MR) is 245 cm³/mol. The van der Waals surface area contributed by atoms with Crippen molar-refractivity contribution in [3.63, 3.8) is 0 Å². The van der Waals surface area contributed by atoms with Crippen LogP contribution in [0.5, 0.6) is 0 Å². The highest BCUT2D eigenvalue weighted by molar-refractivity contribution is 7.96. The van der Waals surface area contributed by atoms with Crippen molar-refractivity contribution in [3.8, 4) is 0 Å². The fourth-order valence-corrected chi connectivity index (χ4v) is 13.2. The molecule has 1 aliphatic rings. The number of rotatable bonds is 18. The molecule has 61 heavy (non-hydrogen) atoms. The molecule has 13 heteroatoms. The van der Waals surface area contributed by atoms with E-state index in [4.69, 9.17) is 13.9 Å². The van der Waals surface area contributed by atoms with Crippen molar-refractivity contribution in [1.29, 1.82) is 0 Å². The second-order valence-electron chi connectivity index (χ2n) is 16.4. The number of anilines is 1. The summed E-state index contributed by atoms with van der Waals surface area (Å²) in [5, 5.41) is 14.4. The number of carbonyl (C=O) groups is 5. The fraction of sp³-hybridized carbons (Fsp3) is 0.292. The van der Waals surface area contributed by atoms with Crippen molar-refractivity contribution in [1.82, 2.24) is 4.90 Å². The van der Waals surface area contributed by atoms with Crippen molar-refractivity contribution in [3.05, 3.63) is 146 Å². The van der Waals surface area contributed by atoms with E-state index in [0.717, 1.165) is 15.9 Å². The minimum atomic E-state index is -3.30. The van der Waals surface area contributed by atoms with E-state index in [0.29, 0.717) is 0 Å². The van der Waals surface area contributed by atoms with Gasteiger partial charge in [0.15, 0.2) is 14.1 Å². The maximum absolute atomic E-state index is 15.2. The molecule has 1 saturated heterocycles. The number of carboxylic acid groups (broad SMARTS) is 1. The number of Topliss-reactive ketones (excluding diaryl/α,β-unsaturated/α-hetero) is 1. The Hall–Kier alpha value is -5.81. The Labute approximate surface area is 359 Å². The summed E-state index contributed by atoms with van der Waals surface area (Å²) in [5.41, 5.74) is 0.589. The number of ether oxygens (including phenoxy) is 2. The van der Waals surface area contributed by atoms with Gasteiger partial charge >= 0.3 is 18.0 Å². The van der Waals surface area contributed by atoms with Crippen LogP contribution in [0.3, 0.4) is 0 Å². The second-order valence-corrected chi connectivity index (χ2v) is 24.4. The van der Waals surface area contributed by atoms with E-state index in [-0.39, 0.29) is 52.8 Å². The monoisotopic (exact) mass is 862 g/mol. The largest absolute Gasteiger partial charge is 0.481 e. The summed E-state index contributed by atoms with van der Waals surface area (Å²) in [7, 11) is -2.48. The molecule has 0 radical (unpaired) electrons. The highest BCUT2D eigenvalue weighted by Gasteiger charge is 2.57. The van der Waals surface area contributed by atoms with E-state index in [1.807, 2.05) is 97.9 Å². The Kier molecular flexibility index (Phi) is 14.9. The maximum atomic E-state index is 15.2. The van der Waals surface area contributed by atoms with Crippen LogP contribution in [0.15, 0.2) is 135 Å². The van der Waals surface area contributed by atoms with Crippen LogP contribution in [0.25, 0.3) is 0 Å². The van der Waals surface area contributed by atoms with Crippen molar-refractivity contribution < 1.29 is 43.0 Å². The van der Waals surface area contributed by atoms with E-state index in [1.54, 1.807) is 0 Å². The molecule has 0 saturated carbocycles. The van der Waals surface area contributed by atoms with Gasteiger partial charge in [0.1, 0.15) is 18.6 Å². The Morgan fingerprint density at radius 1 is 0.836 bits per heavy atom. The summed E-state index contributed by atoms with van der Waals surface area (Å²) in [6.45, 7) is 16.2. The van der Waals surface area contributed by atoms with Crippen LogP contribution in [0, 0.1) is 5.92 Å². The molecule has 0 aliphatic carbocycles. The third-order valence-corrected chi connectivity index (χ3v) is 20.1. The van der Waals surface area contributed by atoms with Gasteiger partial charge in [0.05, 0.1) is 24.5 Å². The molecule has 0 spiro atoms. The Balaban J connectivity index is 1.79. The van der Waals surface area contributed by atoms with Gasteiger partial charge in [-0.1, -0.05) is 149 Å². The van der Waals surface area contributed by atoms with Crippen LogP contribution >= 0.6 is 6.89 Å². The van der Waals surface area contributed by atoms with Gasteiger partial charge in [-0.05, 0) is 52.6 Å². The molecule has 0 aromatic heterocycles. The molecule has 1 aliphatic heterocycles. The number of nitrogens with zero attached hydrogens (tertiary/aromatic N) is 1. The average molecular weight is 863 g/mol. The Morgan fingerprint density at radius 2 is 1.34 bits per heavy atom. The number of aliphatic carboxylic acids is 1. The zero-order chi connectivity index (χ0) is 44.5. The number of likely N-dealkylation sites (tertiary alicyclic amines) is 1. The predicted octanol–water partition coefficient (Wildman–Crippen LogP) is 7.71. The molecule has 0 bridgehead atoms. The fourth-order valence-electron chi connectivity index (χ4n) is 7.41. The number of β-lactam (4-membered cyclic amide) rings is 1. The molecule has 2 amide bonds. The van der Waals surface area contributed by atoms with E-state index in [1.165, 1.54) is 35.3 Å². The van der Waals surface area contributed by atoms with Crippen molar-refractivity contribution in [2.45, 2.75) is 70.8 Å². The van der Waals surface area contributed by atoms with Gasteiger partial charge in [-0.25, -0.2) is 9.59 Å². The molecule has 11 nitrogen and oxygen atoms in total.